The van der Waals surface area contributed by atoms with Gasteiger partial charge < -0.3 is 4.90 Å². The molecule has 0 aromatic rings. The van der Waals surface area contributed by atoms with Crippen molar-refractivity contribution < 1.29 is 4.79 Å². The van der Waals surface area contributed by atoms with Crippen LogP contribution in [0, 0.1) is 23.2 Å². The van der Waals surface area contributed by atoms with Crippen molar-refractivity contribution >= 4 is 5.91 Å². The molecule has 0 aliphatic heterocycles. The summed E-state index contributed by atoms with van der Waals surface area (Å²) in [5.41, 5.74) is 0.544. The van der Waals surface area contributed by atoms with Crippen LogP contribution in [0.25, 0.3) is 0 Å². The molecule has 0 aromatic carbocycles. The summed E-state index contributed by atoms with van der Waals surface area (Å²) in [6.07, 6.45) is 6.38. The van der Waals surface area contributed by atoms with E-state index >= 15 is 0 Å². The van der Waals surface area contributed by atoms with Gasteiger partial charge in [0.15, 0.2) is 0 Å². The van der Waals surface area contributed by atoms with Gasteiger partial charge in [0.25, 0.3) is 0 Å². The van der Waals surface area contributed by atoms with E-state index in [-0.39, 0.29) is 0 Å². The molecule has 0 aromatic heterocycles. The number of nitrogens with zero attached hydrogens (tertiary/aromatic N) is 1. The van der Waals surface area contributed by atoms with E-state index in [4.69, 9.17) is 0 Å². The molecule has 0 N–H and O–H groups in total. The highest BCUT2D eigenvalue weighted by Gasteiger charge is 2.49. The van der Waals surface area contributed by atoms with Crippen LogP contribution >= 0.6 is 0 Å². The zero-order valence-electron chi connectivity index (χ0n) is 11.1. The van der Waals surface area contributed by atoms with Gasteiger partial charge in [0.2, 0.25) is 5.91 Å². The number of carbonyl (C=O) groups is 1. The van der Waals surface area contributed by atoms with Crippen molar-refractivity contribution in [2.75, 3.05) is 14.1 Å². The SMILES string of the molecule is CC1CCC2(CC(C(=O)N(C)C)C2)CC1C. The Morgan fingerprint density at radius 3 is 2.25 bits per heavy atom. The molecule has 1 amide bonds. The van der Waals surface area contributed by atoms with E-state index in [0.29, 0.717) is 17.2 Å². The normalized spacial score (nSPS) is 42.9. The first-order valence-electron chi connectivity index (χ1n) is 6.65. The molecule has 2 heteroatoms. The van der Waals surface area contributed by atoms with Crippen LogP contribution in [0.2, 0.25) is 0 Å². The van der Waals surface area contributed by atoms with Gasteiger partial charge in [-0.1, -0.05) is 13.8 Å². The quantitative estimate of drug-likeness (QED) is 0.669. The number of hydrogen-bond acceptors (Lipinski definition) is 1. The fourth-order valence-electron chi connectivity index (χ4n) is 3.70. The second-order valence-corrected chi connectivity index (χ2v) is 6.54. The fraction of sp³-hybridized carbons (Fsp3) is 0.929. The van der Waals surface area contributed by atoms with E-state index in [1.54, 1.807) is 4.90 Å². The molecular formula is C14H25NO. The second kappa shape index (κ2) is 4.05. The minimum Gasteiger partial charge on any atom is -0.349 e. The molecular weight excluding hydrogens is 198 g/mol. The van der Waals surface area contributed by atoms with E-state index in [1.807, 2.05) is 14.1 Å². The van der Waals surface area contributed by atoms with Crippen LogP contribution in [-0.4, -0.2) is 24.9 Å². The summed E-state index contributed by atoms with van der Waals surface area (Å²) in [7, 11) is 3.75. The lowest BCUT2D eigenvalue weighted by atomic mass is 9.52. The molecule has 2 fully saturated rings. The van der Waals surface area contributed by atoms with Gasteiger partial charge in [-0.05, 0) is 49.4 Å². The Morgan fingerprint density at radius 1 is 1.12 bits per heavy atom. The van der Waals surface area contributed by atoms with Crippen LogP contribution in [0.15, 0.2) is 0 Å². The highest BCUT2D eigenvalue weighted by atomic mass is 16.2. The van der Waals surface area contributed by atoms with Crippen molar-refractivity contribution in [3.63, 3.8) is 0 Å². The third-order valence-corrected chi connectivity index (χ3v) is 5.01. The predicted octanol–water partition coefficient (Wildman–Crippen LogP) is 2.93. The van der Waals surface area contributed by atoms with Gasteiger partial charge in [0.05, 0.1) is 0 Å². The Balaban J connectivity index is 1.89. The average Bonchev–Trinajstić information content (AvgIpc) is 2.18. The summed E-state index contributed by atoms with van der Waals surface area (Å²) in [5.74, 6) is 2.41. The molecule has 0 saturated heterocycles. The molecule has 2 nitrogen and oxygen atoms in total. The Morgan fingerprint density at radius 2 is 1.75 bits per heavy atom. The fourth-order valence-corrected chi connectivity index (χ4v) is 3.70. The minimum absolute atomic E-state index is 0.329. The highest BCUT2D eigenvalue weighted by molar-refractivity contribution is 5.79. The Kier molecular flexibility index (Phi) is 3.02. The zero-order chi connectivity index (χ0) is 11.9. The molecule has 2 aliphatic carbocycles. The first-order valence-corrected chi connectivity index (χ1v) is 6.65. The molecule has 1 spiro atoms. The lowest BCUT2D eigenvalue weighted by molar-refractivity contribution is -0.143. The molecule has 0 heterocycles. The summed E-state index contributed by atoms with van der Waals surface area (Å²) in [6, 6.07) is 0. The smallest absolute Gasteiger partial charge is 0.225 e. The monoisotopic (exact) mass is 223 g/mol. The molecule has 0 bridgehead atoms. The molecule has 2 atom stereocenters. The Bertz CT molecular complexity index is 278. The topological polar surface area (TPSA) is 20.3 Å². The first-order chi connectivity index (χ1) is 7.43. The van der Waals surface area contributed by atoms with E-state index in [2.05, 4.69) is 13.8 Å². The van der Waals surface area contributed by atoms with Gasteiger partial charge in [-0.15, -0.1) is 0 Å². The van der Waals surface area contributed by atoms with Crippen LogP contribution in [0.3, 0.4) is 0 Å². The van der Waals surface area contributed by atoms with E-state index < -0.39 is 0 Å². The number of hydrogen-bond donors (Lipinski definition) is 0. The van der Waals surface area contributed by atoms with Gasteiger partial charge in [0.1, 0.15) is 0 Å². The number of amides is 1. The standard InChI is InChI=1S/C14H25NO/c1-10-5-6-14(7-11(10)2)8-12(9-14)13(16)15(3)4/h10-12H,5-9H2,1-4H3. The molecule has 2 aliphatic rings. The van der Waals surface area contributed by atoms with Crippen LogP contribution < -0.4 is 0 Å². The highest BCUT2D eigenvalue weighted by Crippen LogP contribution is 2.57. The minimum atomic E-state index is 0.329. The maximum Gasteiger partial charge on any atom is 0.225 e. The average molecular weight is 223 g/mol. The van der Waals surface area contributed by atoms with Crippen molar-refractivity contribution in [1.29, 1.82) is 0 Å². The summed E-state index contributed by atoms with van der Waals surface area (Å²) < 4.78 is 0. The van der Waals surface area contributed by atoms with Gasteiger partial charge in [-0.25, -0.2) is 0 Å². The van der Waals surface area contributed by atoms with Gasteiger partial charge >= 0.3 is 0 Å². The van der Waals surface area contributed by atoms with Gasteiger partial charge in [-0.3, -0.25) is 4.79 Å². The summed E-state index contributed by atoms with van der Waals surface area (Å²) >= 11 is 0. The summed E-state index contributed by atoms with van der Waals surface area (Å²) in [5, 5.41) is 0. The van der Waals surface area contributed by atoms with Crippen LogP contribution in [0.5, 0.6) is 0 Å². The van der Waals surface area contributed by atoms with Crippen LogP contribution in [0.1, 0.15) is 46.0 Å². The molecule has 2 rings (SSSR count). The zero-order valence-corrected chi connectivity index (χ0v) is 11.1. The maximum absolute atomic E-state index is 11.8. The van der Waals surface area contributed by atoms with Crippen molar-refractivity contribution in [2.45, 2.75) is 46.0 Å². The van der Waals surface area contributed by atoms with Crippen LogP contribution in [0.4, 0.5) is 0 Å². The second-order valence-electron chi connectivity index (χ2n) is 6.54. The maximum atomic E-state index is 11.8. The third-order valence-electron chi connectivity index (χ3n) is 5.01. The lowest BCUT2D eigenvalue weighted by Crippen LogP contribution is -2.48. The van der Waals surface area contributed by atoms with Crippen molar-refractivity contribution in [2.24, 2.45) is 23.2 Å². The largest absolute Gasteiger partial charge is 0.349 e. The third kappa shape index (κ3) is 1.99. The lowest BCUT2D eigenvalue weighted by Gasteiger charge is -2.53. The van der Waals surface area contributed by atoms with Crippen LogP contribution in [-0.2, 0) is 4.79 Å². The summed E-state index contributed by atoms with van der Waals surface area (Å²) in [6.45, 7) is 4.76. The first kappa shape index (κ1) is 11.9. The molecule has 92 valence electrons. The van der Waals surface area contributed by atoms with Gasteiger partial charge in [-0.2, -0.15) is 0 Å². The summed E-state index contributed by atoms with van der Waals surface area (Å²) in [4.78, 5) is 13.6. The molecule has 0 radical (unpaired) electrons. The van der Waals surface area contributed by atoms with Crippen molar-refractivity contribution in [1.82, 2.24) is 4.90 Å². The van der Waals surface area contributed by atoms with Crippen molar-refractivity contribution in [3.05, 3.63) is 0 Å². The Labute approximate surface area is 99.4 Å². The van der Waals surface area contributed by atoms with E-state index in [9.17, 15) is 4.79 Å². The number of carbonyl (C=O) groups excluding carboxylic acids is 1. The molecule has 2 saturated carbocycles. The van der Waals surface area contributed by atoms with Crippen molar-refractivity contribution in [3.8, 4) is 0 Å². The van der Waals surface area contributed by atoms with E-state index in [1.165, 1.54) is 19.3 Å². The Hall–Kier alpha value is -0.530. The van der Waals surface area contributed by atoms with Gasteiger partial charge in [0, 0.05) is 20.0 Å². The number of rotatable bonds is 1. The molecule has 16 heavy (non-hydrogen) atoms. The van der Waals surface area contributed by atoms with E-state index in [0.717, 1.165) is 24.7 Å². The predicted molar refractivity (Wildman–Crippen MR) is 66.0 cm³/mol. The molecule has 2 unspecified atom stereocenters.